The van der Waals surface area contributed by atoms with E-state index in [1.54, 1.807) is 0 Å². The van der Waals surface area contributed by atoms with Gasteiger partial charge < -0.3 is 15.3 Å². The van der Waals surface area contributed by atoms with Gasteiger partial charge in [0.05, 0.1) is 0 Å². The van der Waals surface area contributed by atoms with Crippen LogP contribution < -0.4 is 5.32 Å². The predicted molar refractivity (Wildman–Crippen MR) is 111 cm³/mol. The smallest absolute Gasteiger partial charge is 0.193 e. The first-order valence-corrected chi connectivity index (χ1v) is 9.10. The fourth-order valence-corrected chi connectivity index (χ4v) is 3.61. The van der Waals surface area contributed by atoms with Crippen LogP contribution in [-0.4, -0.2) is 48.8 Å². The normalized spacial score (nSPS) is 23.6. The van der Waals surface area contributed by atoms with Gasteiger partial charge in [-0.3, -0.25) is 4.99 Å². The van der Waals surface area contributed by atoms with Crippen LogP contribution in [-0.2, 0) is 0 Å². The van der Waals surface area contributed by atoms with Crippen LogP contribution in [0.3, 0.4) is 0 Å². The molecule has 0 aromatic carbocycles. The van der Waals surface area contributed by atoms with Crippen molar-refractivity contribution in [3.8, 4) is 0 Å². The lowest BCUT2D eigenvalue weighted by molar-refractivity contribution is 0.207. The summed E-state index contributed by atoms with van der Waals surface area (Å²) in [5.74, 6) is 3.67. The van der Waals surface area contributed by atoms with Crippen LogP contribution in [0.25, 0.3) is 0 Å². The Labute approximate surface area is 160 Å². The second-order valence-electron chi connectivity index (χ2n) is 7.55. The van der Waals surface area contributed by atoms with Gasteiger partial charge in [0.2, 0.25) is 0 Å². The Morgan fingerprint density at radius 2 is 1.87 bits per heavy atom. The summed E-state index contributed by atoms with van der Waals surface area (Å²) in [4.78, 5) is 7.32. The van der Waals surface area contributed by atoms with E-state index in [0.29, 0.717) is 11.8 Å². The molecule has 138 valence electrons. The molecule has 1 heterocycles. The Bertz CT molecular complexity index is 326. The van der Waals surface area contributed by atoms with Crippen LogP contribution >= 0.6 is 24.0 Å². The van der Waals surface area contributed by atoms with Crippen LogP contribution in [0.15, 0.2) is 4.99 Å². The minimum Gasteiger partial charge on any atom is -0.396 e. The third-order valence-electron chi connectivity index (χ3n) is 4.34. The highest BCUT2D eigenvalue weighted by Gasteiger charge is 2.24. The Morgan fingerprint density at radius 3 is 2.35 bits per heavy atom. The summed E-state index contributed by atoms with van der Waals surface area (Å²) >= 11 is 0. The molecule has 0 aromatic heterocycles. The largest absolute Gasteiger partial charge is 0.396 e. The number of hydrogen-bond acceptors (Lipinski definition) is 2. The predicted octanol–water partition coefficient (Wildman–Crippen LogP) is 3.59. The van der Waals surface area contributed by atoms with E-state index < -0.39 is 0 Å². The Morgan fingerprint density at radius 1 is 1.26 bits per heavy atom. The topological polar surface area (TPSA) is 47.9 Å². The first kappa shape index (κ1) is 23.0. The number of nitrogens with one attached hydrogen (secondary N) is 1. The number of aliphatic imine (C=N–C) groups is 1. The van der Waals surface area contributed by atoms with Crippen molar-refractivity contribution in [2.45, 2.75) is 53.9 Å². The number of hydrogen-bond donors (Lipinski definition) is 2. The van der Waals surface area contributed by atoms with Gasteiger partial charge in [-0.15, -0.1) is 24.0 Å². The lowest BCUT2D eigenvalue weighted by Gasteiger charge is -2.37. The number of piperidine rings is 1. The van der Waals surface area contributed by atoms with Crippen molar-refractivity contribution >= 4 is 29.9 Å². The summed E-state index contributed by atoms with van der Waals surface area (Å²) in [6.45, 7) is 15.5. The zero-order valence-electron chi connectivity index (χ0n) is 15.7. The molecular weight excluding hydrogens is 401 g/mol. The van der Waals surface area contributed by atoms with E-state index in [2.05, 4.69) is 44.8 Å². The van der Waals surface area contributed by atoms with Crippen LogP contribution in [0.2, 0.25) is 0 Å². The van der Waals surface area contributed by atoms with Gasteiger partial charge in [0.25, 0.3) is 0 Å². The summed E-state index contributed by atoms with van der Waals surface area (Å²) in [5, 5.41) is 12.7. The second kappa shape index (κ2) is 12.3. The maximum Gasteiger partial charge on any atom is 0.193 e. The highest BCUT2D eigenvalue weighted by molar-refractivity contribution is 14.0. The second-order valence-corrected chi connectivity index (χ2v) is 7.55. The van der Waals surface area contributed by atoms with Gasteiger partial charge in [-0.2, -0.15) is 0 Å². The molecule has 3 unspecified atom stereocenters. The number of aliphatic hydroxyl groups excluding tert-OH is 1. The van der Waals surface area contributed by atoms with Crippen LogP contribution in [0, 0.1) is 23.7 Å². The molecular formula is C18H38IN3O. The Hall–Kier alpha value is -0.0400. The van der Waals surface area contributed by atoms with Crippen LogP contribution in [0.1, 0.15) is 53.9 Å². The third-order valence-corrected chi connectivity index (χ3v) is 4.34. The van der Waals surface area contributed by atoms with Crippen molar-refractivity contribution in [2.24, 2.45) is 28.7 Å². The fourth-order valence-electron chi connectivity index (χ4n) is 3.61. The van der Waals surface area contributed by atoms with E-state index in [1.807, 2.05) is 0 Å². The van der Waals surface area contributed by atoms with E-state index in [0.717, 1.165) is 56.8 Å². The molecule has 1 saturated heterocycles. The summed E-state index contributed by atoms with van der Waals surface area (Å²) in [6.07, 6.45) is 3.31. The SMILES string of the molecule is CCNC(=NCC(CCO)CC(C)C)N1CC(C)CC(C)C1.I. The van der Waals surface area contributed by atoms with Gasteiger partial charge in [-0.25, -0.2) is 0 Å². The maximum atomic E-state index is 9.26. The Kier molecular flexibility index (Phi) is 12.3. The number of aliphatic hydroxyl groups is 1. The number of nitrogens with zero attached hydrogens (tertiary/aromatic N) is 2. The van der Waals surface area contributed by atoms with Gasteiger partial charge in [0.1, 0.15) is 0 Å². The van der Waals surface area contributed by atoms with Gasteiger partial charge >= 0.3 is 0 Å². The third kappa shape index (κ3) is 9.13. The Balaban J connectivity index is 0.00000484. The van der Waals surface area contributed by atoms with Gasteiger partial charge in [-0.1, -0.05) is 27.7 Å². The summed E-state index contributed by atoms with van der Waals surface area (Å²) in [5.41, 5.74) is 0. The molecule has 0 radical (unpaired) electrons. The van der Waals surface area contributed by atoms with E-state index in [9.17, 15) is 5.11 Å². The first-order chi connectivity index (χ1) is 10.5. The zero-order chi connectivity index (χ0) is 16.5. The van der Waals surface area contributed by atoms with Crippen molar-refractivity contribution in [3.63, 3.8) is 0 Å². The molecule has 0 saturated carbocycles. The number of rotatable bonds is 7. The maximum absolute atomic E-state index is 9.26. The monoisotopic (exact) mass is 439 g/mol. The molecule has 23 heavy (non-hydrogen) atoms. The van der Waals surface area contributed by atoms with Crippen LogP contribution in [0.5, 0.6) is 0 Å². The molecule has 4 nitrogen and oxygen atoms in total. The molecule has 0 bridgehead atoms. The molecule has 1 aliphatic heterocycles. The number of halogens is 1. The average Bonchev–Trinajstić information content (AvgIpc) is 2.41. The average molecular weight is 439 g/mol. The minimum atomic E-state index is 0. The quantitative estimate of drug-likeness (QED) is 0.362. The van der Waals surface area contributed by atoms with Crippen molar-refractivity contribution < 1.29 is 5.11 Å². The van der Waals surface area contributed by atoms with Gasteiger partial charge in [0.15, 0.2) is 5.96 Å². The zero-order valence-corrected chi connectivity index (χ0v) is 18.0. The van der Waals surface area contributed by atoms with Crippen molar-refractivity contribution in [1.29, 1.82) is 0 Å². The van der Waals surface area contributed by atoms with Crippen molar-refractivity contribution in [2.75, 3.05) is 32.8 Å². The first-order valence-electron chi connectivity index (χ1n) is 9.10. The highest BCUT2D eigenvalue weighted by atomic mass is 127. The number of likely N-dealkylation sites (tertiary alicyclic amines) is 1. The standard InChI is InChI=1S/C18H37N3O.HI/c1-6-19-18(21-12-15(4)10-16(5)13-21)20-11-17(7-8-22)9-14(2)3;/h14-17,22H,6-13H2,1-5H3,(H,19,20);1H. The molecule has 2 N–H and O–H groups in total. The molecule has 1 aliphatic rings. The molecule has 0 spiro atoms. The van der Waals surface area contributed by atoms with E-state index >= 15 is 0 Å². The van der Waals surface area contributed by atoms with E-state index in [1.165, 1.54) is 6.42 Å². The molecule has 5 heteroatoms. The molecule has 0 aromatic rings. The van der Waals surface area contributed by atoms with Gasteiger partial charge in [0, 0.05) is 32.8 Å². The molecule has 0 amide bonds. The van der Waals surface area contributed by atoms with E-state index in [-0.39, 0.29) is 30.6 Å². The molecule has 0 aliphatic carbocycles. The van der Waals surface area contributed by atoms with Crippen molar-refractivity contribution in [3.05, 3.63) is 0 Å². The summed E-state index contributed by atoms with van der Waals surface area (Å²) < 4.78 is 0. The minimum absolute atomic E-state index is 0. The summed E-state index contributed by atoms with van der Waals surface area (Å²) in [7, 11) is 0. The lowest BCUT2D eigenvalue weighted by atomic mass is 9.92. The molecule has 1 rings (SSSR count). The van der Waals surface area contributed by atoms with E-state index in [4.69, 9.17) is 4.99 Å². The fraction of sp³-hybridized carbons (Fsp3) is 0.944. The van der Waals surface area contributed by atoms with Crippen molar-refractivity contribution in [1.82, 2.24) is 10.2 Å². The number of guanidine groups is 1. The molecule has 3 atom stereocenters. The highest BCUT2D eigenvalue weighted by Crippen LogP contribution is 2.21. The molecule has 1 fully saturated rings. The van der Waals surface area contributed by atoms with Crippen LogP contribution in [0.4, 0.5) is 0 Å². The lowest BCUT2D eigenvalue weighted by Crippen LogP contribution is -2.48. The summed E-state index contributed by atoms with van der Waals surface area (Å²) in [6, 6.07) is 0. The van der Waals surface area contributed by atoms with Gasteiger partial charge in [-0.05, 0) is 49.9 Å².